The number of Topliss-reactive ketones (excluding diaryl/α,β-unsaturated/α-hetero) is 1. The fraction of sp³-hybridized carbons (Fsp3) is 0.486. The third kappa shape index (κ3) is 10.7. The Morgan fingerprint density at radius 2 is 1.62 bits per heavy atom. The van der Waals surface area contributed by atoms with Crippen molar-refractivity contribution in [2.45, 2.75) is 83.9 Å². The highest BCUT2D eigenvalue weighted by Gasteiger charge is 2.40. The summed E-state index contributed by atoms with van der Waals surface area (Å²) in [5.74, 6) is -3.28. The minimum Gasteiger partial charge on any atom is -0.391 e. The first-order valence-electron chi connectivity index (χ1n) is 16.8. The number of aliphatic hydroxyl groups is 1. The van der Waals surface area contributed by atoms with Gasteiger partial charge in [-0.1, -0.05) is 94.6 Å². The van der Waals surface area contributed by atoms with E-state index in [1.807, 2.05) is 39.0 Å². The Bertz CT molecular complexity index is 1550. The Kier molecular flexibility index (Phi) is 12.8. The van der Waals surface area contributed by atoms with Crippen molar-refractivity contribution in [1.82, 2.24) is 20.7 Å². The van der Waals surface area contributed by atoms with Crippen molar-refractivity contribution in [2.24, 2.45) is 28.7 Å². The molecule has 1 aliphatic carbocycles. The second kappa shape index (κ2) is 16.8. The van der Waals surface area contributed by atoms with E-state index < -0.39 is 48.1 Å². The van der Waals surface area contributed by atoms with Crippen LogP contribution in [0.2, 0.25) is 0 Å². The molecule has 1 saturated carbocycles. The predicted molar refractivity (Wildman–Crippen MR) is 185 cm³/mol. The number of nitrogens with zero attached hydrogens (tertiary/aromatic N) is 2. The summed E-state index contributed by atoms with van der Waals surface area (Å²) < 4.78 is 0. The molecule has 0 spiro atoms. The zero-order valence-corrected chi connectivity index (χ0v) is 28.2. The molecule has 0 radical (unpaired) electrons. The molecule has 48 heavy (non-hydrogen) atoms. The van der Waals surface area contributed by atoms with Crippen molar-refractivity contribution >= 4 is 34.4 Å². The number of hydrogen-bond acceptors (Lipinski definition) is 8. The highest BCUT2D eigenvalue weighted by Crippen LogP contribution is 2.28. The number of para-hydroxylation sites is 1. The van der Waals surface area contributed by atoms with E-state index in [-0.39, 0.29) is 30.0 Å². The van der Waals surface area contributed by atoms with Crippen molar-refractivity contribution in [1.29, 1.82) is 0 Å². The topological polar surface area (TPSA) is 181 Å². The molecular formula is C37H50N6O5. The average molecular weight is 659 g/mol. The first-order chi connectivity index (χ1) is 22.8. The van der Waals surface area contributed by atoms with Gasteiger partial charge in [-0.15, -0.1) is 0 Å². The summed E-state index contributed by atoms with van der Waals surface area (Å²) in [6.45, 7) is 6.33. The van der Waals surface area contributed by atoms with Gasteiger partial charge in [0.1, 0.15) is 5.69 Å². The van der Waals surface area contributed by atoms with E-state index in [9.17, 15) is 24.3 Å². The predicted octanol–water partition coefficient (Wildman–Crippen LogP) is 3.80. The minimum atomic E-state index is -1.39. The number of rotatable bonds is 15. The first kappa shape index (κ1) is 36.6. The largest absolute Gasteiger partial charge is 0.391 e. The van der Waals surface area contributed by atoms with E-state index in [4.69, 9.17) is 11.5 Å². The van der Waals surface area contributed by atoms with Gasteiger partial charge in [-0.3, -0.25) is 24.6 Å². The second-order valence-corrected chi connectivity index (χ2v) is 14.2. The lowest BCUT2D eigenvalue weighted by atomic mass is 9.82. The molecule has 1 fully saturated rings. The second-order valence-electron chi connectivity index (χ2n) is 14.2. The number of aromatic nitrogens is 1. The zero-order valence-electron chi connectivity index (χ0n) is 28.2. The highest BCUT2D eigenvalue weighted by molar-refractivity contribution is 6.00. The molecule has 2 unspecified atom stereocenters. The monoisotopic (exact) mass is 658 g/mol. The number of primary amides is 1. The quantitative estimate of drug-likeness (QED) is 0.153. The van der Waals surface area contributed by atoms with Crippen LogP contribution in [0.5, 0.6) is 0 Å². The molecule has 1 heterocycles. The van der Waals surface area contributed by atoms with E-state index in [0.29, 0.717) is 23.5 Å². The smallest absolute Gasteiger partial charge is 0.270 e. The van der Waals surface area contributed by atoms with Crippen LogP contribution >= 0.6 is 0 Å². The van der Waals surface area contributed by atoms with Gasteiger partial charge in [0.05, 0.1) is 30.0 Å². The number of fused-ring (bicyclic) bond motifs is 1. The zero-order chi connectivity index (χ0) is 34.8. The first-order valence-corrected chi connectivity index (χ1v) is 16.8. The number of benzene rings is 2. The van der Waals surface area contributed by atoms with Crippen LogP contribution in [-0.2, 0) is 14.4 Å². The lowest BCUT2D eigenvalue weighted by Gasteiger charge is -2.36. The Balaban J connectivity index is 1.63. The van der Waals surface area contributed by atoms with Crippen LogP contribution < -0.4 is 22.2 Å². The number of nitrogens with one attached hydrogen (secondary N) is 2. The third-order valence-electron chi connectivity index (χ3n) is 8.78. The number of carbonyl (C=O) groups excluding carboxylic acids is 4. The summed E-state index contributed by atoms with van der Waals surface area (Å²) in [6, 6.07) is 17.1. The fourth-order valence-electron chi connectivity index (χ4n) is 6.45. The summed E-state index contributed by atoms with van der Waals surface area (Å²) in [5, 5.41) is 17.1. The van der Waals surface area contributed by atoms with Crippen LogP contribution in [0, 0.1) is 17.3 Å². The number of hydrogen-bond donors (Lipinski definition) is 5. The van der Waals surface area contributed by atoms with Crippen LogP contribution in [-0.4, -0.2) is 63.8 Å². The highest BCUT2D eigenvalue weighted by atomic mass is 16.3. The molecule has 0 aliphatic heterocycles. The normalized spacial score (nSPS) is 16.5. The SMILES string of the molecule is CC(C)(C)CC(=O)NN(CC1CCCCC1)C[C@H](O)C(C(=O)[C@H](CC(N)=O)NC(=O)c1ccc2ccccc2n1)C(N)c1ccccc1. The molecule has 1 aromatic heterocycles. The van der Waals surface area contributed by atoms with E-state index in [2.05, 4.69) is 15.7 Å². The third-order valence-corrected chi connectivity index (χ3v) is 8.78. The number of carbonyl (C=O) groups is 4. The lowest BCUT2D eigenvalue weighted by molar-refractivity contribution is -0.134. The van der Waals surface area contributed by atoms with Gasteiger partial charge in [0.2, 0.25) is 11.8 Å². The Labute approximate surface area is 282 Å². The van der Waals surface area contributed by atoms with Crippen molar-refractivity contribution in [3.8, 4) is 0 Å². The number of hydrazine groups is 1. The lowest BCUT2D eigenvalue weighted by Crippen LogP contribution is -2.55. The molecule has 4 atom stereocenters. The number of pyridine rings is 1. The Hall–Kier alpha value is -4.19. The van der Waals surface area contributed by atoms with E-state index in [1.165, 1.54) is 12.5 Å². The molecule has 3 amide bonds. The van der Waals surface area contributed by atoms with E-state index >= 15 is 0 Å². The summed E-state index contributed by atoms with van der Waals surface area (Å²) in [6.07, 6.45) is 3.75. The van der Waals surface area contributed by atoms with Crippen LogP contribution in [0.3, 0.4) is 0 Å². The van der Waals surface area contributed by atoms with Crippen molar-refractivity contribution in [3.63, 3.8) is 0 Å². The standard InChI is InChI=1S/C37H50N6O5/c1-37(2,3)21-32(46)42-43(22-24-12-6-4-7-13-24)23-30(44)33(34(39)26-15-8-5-9-16-26)35(47)29(20-31(38)45)41-36(48)28-19-18-25-14-10-11-17-27(25)40-28/h5,8-11,14-19,24,29-30,33-34,44H,4,6-7,12-13,20-23,39H2,1-3H3,(H2,38,45)(H,41,48)(H,42,46)/t29-,30-,33?,34?/m0/s1. The molecule has 7 N–H and O–H groups in total. The summed E-state index contributed by atoms with van der Waals surface area (Å²) in [4.78, 5) is 57.6. The van der Waals surface area contributed by atoms with Crippen LogP contribution in [0.25, 0.3) is 10.9 Å². The molecule has 3 aromatic rings. The van der Waals surface area contributed by atoms with Crippen molar-refractivity contribution < 1.29 is 24.3 Å². The number of nitrogens with two attached hydrogens (primary N) is 2. The maximum absolute atomic E-state index is 14.4. The van der Waals surface area contributed by atoms with Crippen LogP contribution in [0.4, 0.5) is 0 Å². The number of ketones is 1. The van der Waals surface area contributed by atoms with Gasteiger partial charge in [-0.25, -0.2) is 9.99 Å². The molecule has 0 saturated heterocycles. The Morgan fingerprint density at radius 1 is 0.958 bits per heavy atom. The van der Waals surface area contributed by atoms with Gasteiger partial charge < -0.3 is 21.9 Å². The van der Waals surface area contributed by atoms with Gasteiger partial charge in [0.25, 0.3) is 5.91 Å². The Morgan fingerprint density at radius 3 is 2.29 bits per heavy atom. The van der Waals surface area contributed by atoms with Crippen molar-refractivity contribution in [3.05, 3.63) is 78.0 Å². The maximum atomic E-state index is 14.4. The summed E-state index contributed by atoms with van der Waals surface area (Å²) in [7, 11) is 0. The molecule has 11 heteroatoms. The molecule has 2 aromatic carbocycles. The molecule has 0 bridgehead atoms. The van der Waals surface area contributed by atoms with Gasteiger partial charge in [0, 0.05) is 30.9 Å². The molecule has 4 rings (SSSR count). The van der Waals surface area contributed by atoms with Gasteiger partial charge in [-0.2, -0.15) is 0 Å². The summed E-state index contributed by atoms with van der Waals surface area (Å²) >= 11 is 0. The number of aliphatic hydroxyl groups excluding tert-OH is 1. The van der Waals surface area contributed by atoms with E-state index in [0.717, 1.165) is 31.1 Å². The van der Waals surface area contributed by atoms with Gasteiger partial charge >= 0.3 is 0 Å². The maximum Gasteiger partial charge on any atom is 0.270 e. The van der Waals surface area contributed by atoms with Gasteiger partial charge in [-0.05, 0) is 41.9 Å². The molecule has 11 nitrogen and oxygen atoms in total. The summed E-state index contributed by atoms with van der Waals surface area (Å²) in [5.41, 5.74) is 16.3. The molecule has 258 valence electrons. The molecular weight excluding hydrogens is 608 g/mol. The van der Waals surface area contributed by atoms with Gasteiger partial charge in [0.15, 0.2) is 5.78 Å². The van der Waals surface area contributed by atoms with Crippen LogP contribution in [0.15, 0.2) is 66.7 Å². The fourth-order valence-corrected chi connectivity index (χ4v) is 6.45. The molecule has 1 aliphatic rings. The van der Waals surface area contributed by atoms with E-state index in [1.54, 1.807) is 47.5 Å². The average Bonchev–Trinajstić information content (AvgIpc) is 3.03. The minimum absolute atomic E-state index is 0.0562. The van der Waals surface area contributed by atoms with Crippen LogP contribution in [0.1, 0.15) is 87.8 Å². The van der Waals surface area contributed by atoms with Crippen molar-refractivity contribution in [2.75, 3.05) is 13.1 Å². The number of amides is 3.